The van der Waals surface area contributed by atoms with E-state index in [0.29, 0.717) is 23.6 Å². The average Bonchev–Trinajstić information content (AvgIpc) is 2.72. The third-order valence-electron chi connectivity index (χ3n) is 7.84. The number of carboxylic acids is 1. The Morgan fingerprint density at radius 3 is 2.22 bits per heavy atom. The summed E-state index contributed by atoms with van der Waals surface area (Å²) in [6, 6.07) is 8.88. The first-order valence-corrected chi connectivity index (χ1v) is 12.2. The molecular weight excluding hydrogens is 404 g/mol. The first-order valence-electron chi connectivity index (χ1n) is 12.2. The Morgan fingerprint density at radius 2 is 1.56 bits per heavy atom. The number of likely N-dealkylation sites (N-methyl/N-ethyl adjacent to an activating group) is 1. The summed E-state index contributed by atoms with van der Waals surface area (Å²) >= 11 is 0. The van der Waals surface area contributed by atoms with Crippen LogP contribution in [0.2, 0.25) is 0 Å². The summed E-state index contributed by atoms with van der Waals surface area (Å²) in [7, 11) is 2.20. The highest BCUT2D eigenvalue weighted by Gasteiger charge is 2.44. The zero-order valence-corrected chi connectivity index (χ0v) is 18.9. The fourth-order valence-electron chi connectivity index (χ4n) is 6.59. The maximum Gasteiger partial charge on any atom is 0.360 e. The molecule has 5 rings (SSSR count). The number of nitrogens with zero attached hydrogens (tertiary/aromatic N) is 4. The SMILES string of the molecule is CN1CC2C[C@@H](n3c(=O)c(C(=O)O)nc4ccccc43)C[C@@H](C1)N2C1CCCCCCC1. The largest absolute Gasteiger partial charge is 0.476 e. The van der Waals surface area contributed by atoms with Crippen LogP contribution in [0.4, 0.5) is 0 Å². The molecule has 2 bridgehead atoms. The van der Waals surface area contributed by atoms with E-state index >= 15 is 0 Å². The fraction of sp³-hybridized carbons (Fsp3) is 0.640. The van der Waals surface area contributed by atoms with Crippen molar-refractivity contribution in [3.05, 3.63) is 40.3 Å². The van der Waals surface area contributed by atoms with Crippen LogP contribution in [0.15, 0.2) is 29.1 Å². The van der Waals surface area contributed by atoms with E-state index in [0.717, 1.165) is 31.4 Å². The molecule has 32 heavy (non-hydrogen) atoms. The van der Waals surface area contributed by atoms with E-state index < -0.39 is 11.5 Å². The molecule has 1 aromatic heterocycles. The van der Waals surface area contributed by atoms with Gasteiger partial charge in [-0.3, -0.25) is 9.69 Å². The molecule has 2 aromatic rings. The van der Waals surface area contributed by atoms with Crippen molar-refractivity contribution in [3.8, 4) is 0 Å². The molecule has 0 spiro atoms. The fourth-order valence-corrected chi connectivity index (χ4v) is 6.59. The molecule has 3 fully saturated rings. The number of carboxylic acid groups (broad SMARTS) is 1. The van der Waals surface area contributed by atoms with E-state index in [1.165, 1.54) is 44.9 Å². The molecule has 3 heterocycles. The number of aromatic nitrogens is 2. The van der Waals surface area contributed by atoms with E-state index in [4.69, 9.17) is 0 Å². The lowest BCUT2D eigenvalue weighted by Crippen LogP contribution is -2.64. The second kappa shape index (κ2) is 8.94. The molecule has 1 saturated carbocycles. The van der Waals surface area contributed by atoms with Crippen molar-refractivity contribution in [1.29, 1.82) is 0 Å². The zero-order valence-electron chi connectivity index (χ0n) is 18.9. The summed E-state index contributed by atoms with van der Waals surface area (Å²) in [5.41, 5.74) is 0.494. The van der Waals surface area contributed by atoms with Gasteiger partial charge in [-0.25, -0.2) is 9.78 Å². The number of hydrogen-bond donors (Lipinski definition) is 1. The van der Waals surface area contributed by atoms with E-state index in [1.807, 2.05) is 18.2 Å². The van der Waals surface area contributed by atoms with E-state index in [1.54, 1.807) is 10.6 Å². The molecule has 2 saturated heterocycles. The Bertz CT molecular complexity index is 1030. The summed E-state index contributed by atoms with van der Waals surface area (Å²) < 4.78 is 1.76. The number of para-hydroxylation sites is 2. The van der Waals surface area contributed by atoms with Crippen LogP contribution in [0.25, 0.3) is 11.0 Å². The van der Waals surface area contributed by atoms with Crippen LogP contribution in [0.3, 0.4) is 0 Å². The van der Waals surface area contributed by atoms with E-state index in [2.05, 4.69) is 21.8 Å². The van der Waals surface area contributed by atoms with Crippen LogP contribution in [0.5, 0.6) is 0 Å². The molecule has 1 unspecified atom stereocenters. The van der Waals surface area contributed by atoms with Gasteiger partial charge in [0, 0.05) is 37.3 Å². The lowest BCUT2D eigenvalue weighted by atomic mass is 9.83. The predicted octanol–water partition coefficient (Wildman–Crippen LogP) is 3.53. The monoisotopic (exact) mass is 438 g/mol. The van der Waals surface area contributed by atoms with Crippen LogP contribution in [-0.4, -0.2) is 68.7 Å². The Balaban J connectivity index is 1.51. The van der Waals surface area contributed by atoms with Crippen LogP contribution >= 0.6 is 0 Å². The molecule has 1 aromatic carbocycles. The molecule has 3 atom stereocenters. The molecule has 3 aliphatic rings. The summed E-state index contributed by atoms with van der Waals surface area (Å²) in [6.07, 6.45) is 11.0. The minimum absolute atomic E-state index is 0.00186. The standard InChI is InChI=1S/C25H34N4O3/c1-27-15-19-13-18(14-20(16-27)28(19)17-9-5-3-2-4-6-10-17)29-22-12-8-7-11-21(22)26-23(24(29)30)25(31)32/h7-8,11-12,17-20H,2-6,9-10,13-16H2,1H3,(H,31,32)/t18-,19-,20?/m0/s1. The van der Waals surface area contributed by atoms with Gasteiger partial charge in [0.15, 0.2) is 0 Å². The van der Waals surface area contributed by atoms with Crippen molar-refractivity contribution >= 4 is 17.0 Å². The van der Waals surface area contributed by atoms with Crippen molar-refractivity contribution < 1.29 is 9.90 Å². The van der Waals surface area contributed by atoms with E-state index in [9.17, 15) is 14.7 Å². The molecule has 0 amide bonds. The number of carbonyl (C=O) groups is 1. The lowest BCUT2D eigenvalue weighted by Gasteiger charge is -2.55. The third-order valence-corrected chi connectivity index (χ3v) is 7.84. The van der Waals surface area contributed by atoms with Crippen molar-refractivity contribution in [1.82, 2.24) is 19.4 Å². The van der Waals surface area contributed by atoms with Crippen LogP contribution in [-0.2, 0) is 0 Å². The maximum absolute atomic E-state index is 13.3. The second-order valence-corrected chi connectivity index (χ2v) is 10.0. The van der Waals surface area contributed by atoms with Gasteiger partial charge in [0.25, 0.3) is 5.56 Å². The van der Waals surface area contributed by atoms with E-state index in [-0.39, 0.29) is 11.7 Å². The van der Waals surface area contributed by atoms with Gasteiger partial charge in [0.1, 0.15) is 0 Å². The number of benzene rings is 1. The minimum atomic E-state index is -1.25. The van der Waals surface area contributed by atoms with Crippen molar-refractivity contribution in [2.24, 2.45) is 0 Å². The smallest absolute Gasteiger partial charge is 0.360 e. The number of hydrogen-bond acceptors (Lipinski definition) is 5. The third kappa shape index (κ3) is 3.97. The Labute approximate surface area is 189 Å². The van der Waals surface area contributed by atoms with Gasteiger partial charge >= 0.3 is 5.97 Å². The maximum atomic E-state index is 13.3. The van der Waals surface area contributed by atoms with Gasteiger partial charge in [-0.2, -0.15) is 0 Å². The number of aromatic carboxylic acids is 1. The summed E-state index contributed by atoms with van der Waals surface area (Å²) in [6.45, 7) is 2.01. The van der Waals surface area contributed by atoms with Crippen molar-refractivity contribution in [2.45, 2.75) is 82.0 Å². The van der Waals surface area contributed by atoms with Crippen molar-refractivity contribution in [3.63, 3.8) is 0 Å². The number of rotatable bonds is 3. The highest BCUT2D eigenvalue weighted by atomic mass is 16.4. The van der Waals surface area contributed by atoms with Gasteiger partial charge in [-0.1, -0.05) is 44.2 Å². The van der Waals surface area contributed by atoms with Gasteiger partial charge in [0.2, 0.25) is 5.69 Å². The summed E-state index contributed by atoms with van der Waals surface area (Å²) in [4.78, 5) is 34.4. The lowest BCUT2D eigenvalue weighted by molar-refractivity contribution is -0.0512. The van der Waals surface area contributed by atoms with Gasteiger partial charge < -0.3 is 14.6 Å². The Hall–Kier alpha value is -2.25. The van der Waals surface area contributed by atoms with Gasteiger partial charge in [0.05, 0.1) is 11.0 Å². The number of fused-ring (bicyclic) bond motifs is 3. The van der Waals surface area contributed by atoms with Crippen LogP contribution in [0, 0.1) is 0 Å². The zero-order chi connectivity index (χ0) is 22.2. The number of piperidine rings is 1. The average molecular weight is 439 g/mol. The molecule has 7 nitrogen and oxygen atoms in total. The molecule has 0 radical (unpaired) electrons. The van der Waals surface area contributed by atoms with Crippen LogP contribution in [0.1, 0.15) is 74.3 Å². The minimum Gasteiger partial charge on any atom is -0.476 e. The summed E-state index contributed by atoms with van der Waals surface area (Å²) in [5.74, 6) is -1.25. The molecule has 172 valence electrons. The Morgan fingerprint density at radius 1 is 0.938 bits per heavy atom. The quantitative estimate of drug-likeness (QED) is 0.790. The molecular formula is C25H34N4O3. The molecule has 2 aliphatic heterocycles. The molecule has 1 aliphatic carbocycles. The van der Waals surface area contributed by atoms with Crippen molar-refractivity contribution in [2.75, 3.05) is 20.1 Å². The topological polar surface area (TPSA) is 78.7 Å². The predicted molar refractivity (Wildman–Crippen MR) is 124 cm³/mol. The highest BCUT2D eigenvalue weighted by Crippen LogP contribution is 2.39. The van der Waals surface area contributed by atoms with Gasteiger partial charge in [-0.05, 0) is 44.9 Å². The highest BCUT2D eigenvalue weighted by molar-refractivity contribution is 5.88. The van der Waals surface area contributed by atoms with Gasteiger partial charge in [-0.15, -0.1) is 0 Å². The normalized spacial score (nSPS) is 28.3. The van der Waals surface area contributed by atoms with Crippen LogP contribution < -0.4 is 5.56 Å². The molecule has 7 heteroatoms. The first-order chi connectivity index (χ1) is 15.5. The Kier molecular flexibility index (Phi) is 6.03. The second-order valence-electron chi connectivity index (χ2n) is 10.0. The summed E-state index contributed by atoms with van der Waals surface area (Å²) in [5, 5.41) is 9.62. The number of likely N-dealkylation sites (tertiary alicyclic amines) is 1. The number of piperazine rings is 1. The first kappa shape index (κ1) is 21.6. The molecule has 1 N–H and O–H groups in total.